The molecule has 0 saturated heterocycles. The third-order valence-electron chi connectivity index (χ3n) is 2.66. The monoisotopic (exact) mass is 291 g/mol. The van der Waals surface area contributed by atoms with Crippen molar-refractivity contribution in [3.8, 4) is 0 Å². The quantitative estimate of drug-likeness (QED) is 0.830. The number of thiophene rings is 1. The number of ether oxygens (including phenoxy) is 1. The van der Waals surface area contributed by atoms with Gasteiger partial charge in [0, 0.05) is 11.2 Å². The predicted octanol–water partition coefficient (Wildman–Crippen LogP) is 3.01. The zero-order valence-electron chi connectivity index (χ0n) is 10.6. The Morgan fingerprint density at radius 2 is 2.25 bits per heavy atom. The number of fused-ring (bicyclic) bond motifs is 1. The molecule has 1 amide bonds. The van der Waals surface area contributed by atoms with E-state index >= 15 is 0 Å². The summed E-state index contributed by atoms with van der Waals surface area (Å²) in [4.78, 5) is 22.3. The van der Waals surface area contributed by atoms with Crippen molar-refractivity contribution in [1.82, 2.24) is 5.32 Å². The van der Waals surface area contributed by atoms with E-state index in [9.17, 15) is 9.59 Å². The molecule has 2 aromatic rings. The van der Waals surface area contributed by atoms with Gasteiger partial charge in [0.1, 0.15) is 6.61 Å². The Morgan fingerprint density at radius 3 is 2.95 bits per heavy atom. The number of benzene rings is 1. The number of hydrogen-bond acceptors (Lipinski definition) is 4. The van der Waals surface area contributed by atoms with Gasteiger partial charge in [-0.3, -0.25) is 0 Å². The number of amides is 1. The number of aromatic carboxylic acids is 1. The molecule has 0 bridgehead atoms. The van der Waals surface area contributed by atoms with Crippen molar-refractivity contribution in [3.63, 3.8) is 0 Å². The number of carbonyl (C=O) groups excluding carboxylic acids is 1. The average molecular weight is 291 g/mol. The van der Waals surface area contributed by atoms with Crippen molar-refractivity contribution < 1.29 is 19.4 Å². The summed E-state index contributed by atoms with van der Waals surface area (Å²) < 4.78 is 5.78. The molecule has 5 nitrogen and oxygen atoms in total. The van der Waals surface area contributed by atoms with Crippen LogP contribution in [0.15, 0.2) is 36.2 Å². The van der Waals surface area contributed by atoms with Gasteiger partial charge < -0.3 is 15.2 Å². The Morgan fingerprint density at radius 1 is 1.45 bits per heavy atom. The van der Waals surface area contributed by atoms with Gasteiger partial charge in [-0.1, -0.05) is 12.7 Å². The lowest BCUT2D eigenvalue weighted by Gasteiger charge is -2.04. The summed E-state index contributed by atoms with van der Waals surface area (Å²) in [5, 5.41) is 14.3. The fourth-order valence-corrected chi connectivity index (χ4v) is 2.65. The largest absolute Gasteiger partial charge is 0.478 e. The molecule has 0 radical (unpaired) electrons. The molecular weight excluding hydrogens is 278 g/mol. The molecule has 1 aromatic heterocycles. The first kappa shape index (κ1) is 14.1. The summed E-state index contributed by atoms with van der Waals surface area (Å²) >= 11 is 1.50. The first-order valence-corrected chi connectivity index (χ1v) is 6.74. The van der Waals surface area contributed by atoms with Crippen LogP contribution >= 0.6 is 11.3 Å². The highest BCUT2D eigenvalue weighted by Gasteiger charge is 2.09. The fraction of sp³-hybridized carbons (Fsp3) is 0.143. The van der Waals surface area contributed by atoms with E-state index in [2.05, 4.69) is 11.9 Å². The number of nitrogens with one attached hydrogen (secondary N) is 1. The number of rotatable bonds is 5. The number of carboxylic acids is 1. The standard InChI is InChI=1S/C14H13NO4S/c1-2-5-19-14(18)15-7-10-8-20-12-4-3-9(13(16)17)6-11(10)12/h2-4,6,8H,1,5,7H2,(H,15,18)(H,16,17). The summed E-state index contributed by atoms with van der Waals surface area (Å²) in [5.74, 6) is -0.970. The van der Waals surface area contributed by atoms with Crippen molar-refractivity contribution >= 4 is 33.5 Å². The van der Waals surface area contributed by atoms with E-state index in [4.69, 9.17) is 9.84 Å². The van der Waals surface area contributed by atoms with Crippen LogP contribution in [0.5, 0.6) is 0 Å². The maximum atomic E-state index is 11.3. The lowest BCUT2D eigenvalue weighted by molar-refractivity contribution is 0.0697. The van der Waals surface area contributed by atoms with Crippen LogP contribution in [-0.4, -0.2) is 23.8 Å². The molecule has 0 spiro atoms. The van der Waals surface area contributed by atoms with Crippen LogP contribution in [0.3, 0.4) is 0 Å². The third kappa shape index (κ3) is 3.16. The Bertz CT molecular complexity index is 662. The molecule has 0 saturated carbocycles. The highest BCUT2D eigenvalue weighted by molar-refractivity contribution is 7.17. The second-order valence-electron chi connectivity index (χ2n) is 4.02. The topological polar surface area (TPSA) is 75.6 Å². The SMILES string of the molecule is C=CCOC(=O)NCc1csc2ccc(C(=O)O)cc12. The highest BCUT2D eigenvalue weighted by atomic mass is 32.1. The zero-order chi connectivity index (χ0) is 14.5. The Kier molecular flexibility index (Phi) is 4.37. The second-order valence-corrected chi connectivity index (χ2v) is 4.93. The molecule has 1 aromatic carbocycles. The van der Waals surface area contributed by atoms with Gasteiger partial charge in [-0.15, -0.1) is 11.3 Å². The average Bonchev–Trinajstić information content (AvgIpc) is 2.85. The van der Waals surface area contributed by atoms with E-state index in [1.807, 2.05) is 5.38 Å². The number of alkyl carbamates (subject to hydrolysis) is 1. The first-order chi connectivity index (χ1) is 9.61. The molecule has 1 heterocycles. The molecule has 0 unspecified atom stereocenters. The number of carboxylic acid groups (broad SMARTS) is 1. The molecule has 0 aliphatic heterocycles. The molecular formula is C14H13NO4S. The van der Waals surface area contributed by atoms with E-state index in [1.54, 1.807) is 18.2 Å². The normalized spacial score (nSPS) is 10.2. The van der Waals surface area contributed by atoms with Gasteiger partial charge in [-0.2, -0.15) is 0 Å². The van der Waals surface area contributed by atoms with E-state index in [1.165, 1.54) is 17.4 Å². The zero-order valence-corrected chi connectivity index (χ0v) is 11.4. The molecule has 0 fully saturated rings. The first-order valence-electron chi connectivity index (χ1n) is 5.86. The Labute approximate surface area is 119 Å². The smallest absolute Gasteiger partial charge is 0.407 e. The van der Waals surface area contributed by atoms with Crippen molar-refractivity contribution in [2.24, 2.45) is 0 Å². The Balaban J connectivity index is 2.13. The van der Waals surface area contributed by atoms with Crippen LogP contribution < -0.4 is 5.32 Å². The lowest BCUT2D eigenvalue weighted by Crippen LogP contribution is -2.23. The van der Waals surface area contributed by atoms with Gasteiger partial charge in [-0.25, -0.2) is 9.59 Å². The lowest BCUT2D eigenvalue weighted by atomic mass is 10.1. The molecule has 20 heavy (non-hydrogen) atoms. The summed E-state index contributed by atoms with van der Waals surface area (Å²) in [6, 6.07) is 4.94. The van der Waals surface area contributed by atoms with Crippen LogP contribution in [0.25, 0.3) is 10.1 Å². The molecule has 104 valence electrons. The van der Waals surface area contributed by atoms with Crippen LogP contribution in [0.1, 0.15) is 15.9 Å². The summed E-state index contributed by atoms with van der Waals surface area (Å²) in [6.45, 7) is 3.89. The molecule has 0 atom stereocenters. The second kappa shape index (κ2) is 6.21. The van der Waals surface area contributed by atoms with Gasteiger partial charge in [0.05, 0.1) is 5.56 Å². The molecule has 2 rings (SSSR count). The minimum Gasteiger partial charge on any atom is -0.478 e. The minimum absolute atomic E-state index is 0.152. The van der Waals surface area contributed by atoms with E-state index in [0.29, 0.717) is 6.54 Å². The maximum absolute atomic E-state index is 11.3. The number of carbonyl (C=O) groups is 2. The third-order valence-corrected chi connectivity index (χ3v) is 3.67. The Hall–Kier alpha value is -2.34. The summed E-state index contributed by atoms with van der Waals surface area (Å²) in [7, 11) is 0. The van der Waals surface area contributed by atoms with E-state index in [0.717, 1.165) is 15.6 Å². The summed E-state index contributed by atoms with van der Waals surface area (Å²) in [6.07, 6.45) is 0.956. The molecule has 0 aliphatic carbocycles. The molecule has 6 heteroatoms. The van der Waals surface area contributed by atoms with Crippen molar-refractivity contribution in [2.45, 2.75) is 6.54 Å². The van der Waals surface area contributed by atoms with E-state index < -0.39 is 12.1 Å². The minimum atomic E-state index is -0.970. The maximum Gasteiger partial charge on any atom is 0.407 e. The fourth-order valence-electron chi connectivity index (χ4n) is 1.70. The number of hydrogen-bond donors (Lipinski definition) is 2. The predicted molar refractivity (Wildman–Crippen MR) is 77.2 cm³/mol. The van der Waals surface area contributed by atoms with Crippen molar-refractivity contribution in [1.29, 1.82) is 0 Å². The van der Waals surface area contributed by atoms with Gasteiger partial charge in [0.15, 0.2) is 0 Å². The van der Waals surface area contributed by atoms with Gasteiger partial charge in [0.2, 0.25) is 0 Å². The van der Waals surface area contributed by atoms with Gasteiger partial charge >= 0.3 is 12.1 Å². The van der Waals surface area contributed by atoms with Crippen molar-refractivity contribution in [2.75, 3.05) is 6.61 Å². The molecule has 2 N–H and O–H groups in total. The summed E-state index contributed by atoms with van der Waals surface area (Å²) in [5.41, 5.74) is 1.09. The van der Waals surface area contributed by atoms with Crippen LogP contribution in [-0.2, 0) is 11.3 Å². The van der Waals surface area contributed by atoms with Gasteiger partial charge in [-0.05, 0) is 34.5 Å². The van der Waals surface area contributed by atoms with Crippen LogP contribution in [0.2, 0.25) is 0 Å². The molecule has 0 aliphatic rings. The van der Waals surface area contributed by atoms with Crippen LogP contribution in [0.4, 0.5) is 4.79 Å². The van der Waals surface area contributed by atoms with Gasteiger partial charge in [0.25, 0.3) is 0 Å². The van der Waals surface area contributed by atoms with E-state index in [-0.39, 0.29) is 12.2 Å². The van der Waals surface area contributed by atoms with Crippen LogP contribution in [0, 0.1) is 0 Å². The van der Waals surface area contributed by atoms with Crippen molar-refractivity contribution in [3.05, 3.63) is 47.4 Å². The highest BCUT2D eigenvalue weighted by Crippen LogP contribution is 2.27.